The Morgan fingerprint density at radius 3 is 2.63 bits per heavy atom. The lowest BCUT2D eigenvalue weighted by atomic mass is 9.74. The average molecular weight is 366 g/mol. The molecule has 2 aromatic rings. The van der Waals surface area contributed by atoms with Crippen LogP contribution in [0.1, 0.15) is 41.3 Å². The number of esters is 1. The van der Waals surface area contributed by atoms with Gasteiger partial charge in [-0.1, -0.05) is 24.3 Å². The van der Waals surface area contributed by atoms with Gasteiger partial charge in [0.05, 0.1) is 12.0 Å². The fourth-order valence-corrected chi connectivity index (χ4v) is 3.82. The third kappa shape index (κ3) is 4.18. The van der Waals surface area contributed by atoms with E-state index in [0.29, 0.717) is 31.7 Å². The van der Waals surface area contributed by atoms with Gasteiger partial charge in [0.15, 0.2) is 0 Å². The Bertz CT molecular complexity index is 806. The van der Waals surface area contributed by atoms with Crippen molar-refractivity contribution in [3.05, 3.63) is 65.5 Å². The zero-order valence-electron chi connectivity index (χ0n) is 16.0. The monoisotopic (exact) mass is 366 g/mol. The number of benzene rings is 1. The van der Waals surface area contributed by atoms with E-state index in [2.05, 4.69) is 24.0 Å². The topological polar surface area (TPSA) is 59.5 Å². The van der Waals surface area contributed by atoms with E-state index >= 15 is 0 Å². The van der Waals surface area contributed by atoms with Crippen LogP contribution in [-0.4, -0.2) is 41.5 Å². The second-order valence-corrected chi connectivity index (χ2v) is 7.17. The molecule has 1 fully saturated rings. The van der Waals surface area contributed by atoms with Crippen molar-refractivity contribution in [2.45, 2.75) is 33.1 Å². The van der Waals surface area contributed by atoms with Gasteiger partial charge in [0, 0.05) is 31.0 Å². The summed E-state index contributed by atoms with van der Waals surface area (Å²) in [6.07, 6.45) is 5.31. The molecule has 3 rings (SSSR count). The van der Waals surface area contributed by atoms with E-state index in [1.807, 2.05) is 19.1 Å². The highest BCUT2D eigenvalue weighted by atomic mass is 16.5. The summed E-state index contributed by atoms with van der Waals surface area (Å²) < 4.78 is 5.44. The van der Waals surface area contributed by atoms with Gasteiger partial charge >= 0.3 is 5.97 Å². The van der Waals surface area contributed by atoms with Crippen LogP contribution in [0.2, 0.25) is 0 Å². The Kier molecular flexibility index (Phi) is 5.89. The molecule has 0 radical (unpaired) electrons. The first kappa shape index (κ1) is 19.1. The van der Waals surface area contributed by atoms with Gasteiger partial charge in [-0.2, -0.15) is 0 Å². The van der Waals surface area contributed by atoms with Crippen LogP contribution in [0, 0.1) is 12.3 Å². The first-order valence-corrected chi connectivity index (χ1v) is 9.47. The third-order valence-electron chi connectivity index (χ3n) is 5.29. The summed E-state index contributed by atoms with van der Waals surface area (Å²) >= 11 is 0. The highest BCUT2D eigenvalue weighted by Crippen LogP contribution is 2.36. The molecule has 0 unspecified atom stereocenters. The van der Waals surface area contributed by atoms with E-state index in [9.17, 15) is 9.59 Å². The molecule has 142 valence electrons. The summed E-state index contributed by atoms with van der Waals surface area (Å²) in [5.74, 6) is -0.268. The molecule has 1 amide bonds. The lowest BCUT2D eigenvalue weighted by molar-refractivity contribution is -0.158. The smallest absolute Gasteiger partial charge is 0.314 e. The predicted octanol–water partition coefficient (Wildman–Crippen LogP) is 3.42. The van der Waals surface area contributed by atoms with Crippen LogP contribution in [0.3, 0.4) is 0 Å². The minimum absolute atomic E-state index is 0.0597. The Morgan fingerprint density at radius 2 is 1.93 bits per heavy atom. The van der Waals surface area contributed by atoms with Crippen LogP contribution in [0.25, 0.3) is 0 Å². The molecule has 0 bridgehead atoms. The maximum absolute atomic E-state index is 13.0. The van der Waals surface area contributed by atoms with Gasteiger partial charge in [0.2, 0.25) is 0 Å². The number of carbonyl (C=O) groups is 2. The van der Waals surface area contributed by atoms with Gasteiger partial charge in [-0.3, -0.25) is 14.6 Å². The Balaban J connectivity index is 1.89. The zero-order valence-corrected chi connectivity index (χ0v) is 16.0. The average Bonchev–Trinajstić information content (AvgIpc) is 2.70. The number of aromatic nitrogens is 1. The zero-order chi connectivity index (χ0) is 19.3. The van der Waals surface area contributed by atoms with Crippen molar-refractivity contribution in [3.8, 4) is 0 Å². The number of rotatable bonds is 5. The van der Waals surface area contributed by atoms with Gasteiger partial charge in [-0.25, -0.2) is 0 Å². The first-order valence-electron chi connectivity index (χ1n) is 9.47. The highest BCUT2D eigenvalue weighted by Gasteiger charge is 2.45. The number of carbonyl (C=O) groups excluding carboxylic acids is 2. The number of ether oxygens (including phenoxy) is 1. The molecule has 0 N–H and O–H groups in total. The standard InChI is InChI=1S/C22H26N2O3/c1-3-27-21(26)22(15-19-8-5-4-7-17(19)2)11-6-14-24(16-22)20(25)18-9-12-23-13-10-18/h4-5,7-10,12-13H,3,6,11,14-16H2,1-2H3/t22-/m1/s1. The largest absolute Gasteiger partial charge is 0.466 e. The van der Waals surface area contributed by atoms with E-state index in [1.165, 1.54) is 0 Å². The third-order valence-corrected chi connectivity index (χ3v) is 5.29. The molecule has 0 saturated carbocycles. The van der Waals surface area contributed by atoms with Gasteiger partial charge in [0.25, 0.3) is 5.91 Å². The van der Waals surface area contributed by atoms with Crippen LogP contribution in [-0.2, 0) is 16.0 Å². The minimum Gasteiger partial charge on any atom is -0.466 e. The van der Waals surface area contributed by atoms with E-state index in [0.717, 1.165) is 24.0 Å². The Morgan fingerprint density at radius 1 is 1.19 bits per heavy atom. The molecule has 1 saturated heterocycles. The van der Waals surface area contributed by atoms with Gasteiger partial charge in [-0.05, 0) is 56.4 Å². The summed E-state index contributed by atoms with van der Waals surface area (Å²) in [6, 6.07) is 11.5. The van der Waals surface area contributed by atoms with E-state index in [-0.39, 0.29) is 11.9 Å². The number of pyridine rings is 1. The number of hydrogen-bond donors (Lipinski definition) is 0. The van der Waals surface area contributed by atoms with Crippen LogP contribution < -0.4 is 0 Å². The molecule has 27 heavy (non-hydrogen) atoms. The minimum atomic E-state index is -0.705. The predicted molar refractivity (Wildman–Crippen MR) is 103 cm³/mol. The number of hydrogen-bond acceptors (Lipinski definition) is 4. The second-order valence-electron chi connectivity index (χ2n) is 7.17. The summed E-state index contributed by atoms with van der Waals surface area (Å²) in [6.45, 7) is 5.24. The molecule has 1 atom stereocenters. The molecular weight excluding hydrogens is 340 g/mol. The summed E-state index contributed by atoms with van der Waals surface area (Å²) in [7, 11) is 0. The van der Waals surface area contributed by atoms with Crippen molar-refractivity contribution in [2.75, 3.05) is 19.7 Å². The van der Waals surface area contributed by atoms with Crippen molar-refractivity contribution >= 4 is 11.9 Å². The maximum atomic E-state index is 13.0. The van der Waals surface area contributed by atoms with Crippen LogP contribution in [0.15, 0.2) is 48.8 Å². The summed E-state index contributed by atoms with van der Waals surface area (Å²) in [5.41, 5.74) is 2.17. The van der Waals surface area contributed by atoms with Crippen LogP contribution >= 0.6 is 0 Å². The molecule has 1 aliphatic heterocycles. The van der Waals surface area contributed by atoms with Crippen molar-refractivity contribution in [2.24, 2.45) is 5.41 Å². The second kappa shape index (κ2) is 8.33. The summed E-state index contributed by atoms with van der Waals surface area (Å²) in [5, 5.41) is 0. The molecule has 5 heteroatoms. The Labute approximate surface area is 160 Å². The quantitative estimate of drug-likeness (QED) is 0.761. The normalized spacial score (nSPS) is 19.6. The molecule has 1 aliphatic rings. The number of amides is 1. The van der Waals surface area contributed by atoms with E-state index in [4.69, 9.17) is 4.74 Å². The van der Waals surface area contributed by atoms with Crippen molar-refractivity contribution < 1.29 is 14.3 Å². The molecule has 5 nitrogen and oxygen atoms in total. The Hall–Kier alpha value is -2.69. The van der Waals surface area contributed by atoms with E-state index in [1.54, 1.807) is 29.4 Å². The van der Waals surface area contributed by atoms with Gasteiger partial charge in [0.1, 0.15) is 0 Å². The molecule has 1 aromatic heterocycles. The lowest BCUT2D eigenvalue weighted by Gasteiger charge is -2.41. The lowest BCUT2D eigenvalue weighted by Crippen LogP contribution is -2.51. The molecular formula is C22H26N2O3. The molecule has 2 heterocycles. The van der Waals surface area contributed by atoms with E-state index < -0.39 is 5.41 Å². The molecule has 0 spiro atoms. The molecule has 0 aliphatic carbocycles. The van der Waals surface area contributed by atoms with Gasteiger partial charge in [-0.15, -0.1) is 0 Å². The van der Waals surface area contributed by atoms with Crippen molar-refractivity contribution in [1.29, 1.82) is 0 Å². The summed E-state index contributed by atoms with van der Waals surface area (Å²) in [4.78, 5) is 31.7. The van der Waals surface area contributed by atoms with Crippen LogP contribution in [0.4, 0.5) is 0 Å². The van der Waals surface area contributed by atoms with Crippen LogP contribution in [0.5, 0.6) is 0 Å². The number of nitrogens with zero attached hydrogens (tertiary/aromatic N) is 2. The SMILES string of the molecule is CCOC(=O)[C@@]1(Cc2ccccc2C)CCCN(C(=O)c2ccncc2)C1. The molecule has 1 aromatic carbocycles. The first-order chi connectivity index (χ1) is 13.1. The van der Waals surface area contributed by atoms with Crippen molar-refractivity contribution in [1.82, 2.24) is 9.88 Å². The number of aryl methyl sites for hydroxylation is 1. The maximum Gasteiger partial charge on any atom is 0.314 e. The fourth-order valence-electron chi connectivity index (χ4n) is 3.82. The number of piperidine rings is 1. The highest BCUT2D eigenvalue weighted by molar-refractivity contribution is 5.94. The fraction of sp³-hybridized carbons (Fsp3) is 0.409. The van der Waals surface area contributed by atoms with Gasteiger partial charge < -0.3 is 9.64 Å². The van der Waals surface area contributed by atoms with Crippen molar-refractivity contribution in [3.63, 3.8) is 0 Å². The number of likely N-dealkylation sites (tertiary alicyclic amines) is 1.